The van der Waals surface area contributed by atoms with Crippen LogP contribution in [0.1, 0.15) is 55.4 Å². The molecule has 0 spiro atoms. The summed E-state index contributed by atoms with van der Waals surface area (Å²) < 4.78 is 82.7. The van der Waals surface area contributed by atoms with Gasteiger partial charge in [-0.05, 0) is 77.5 Å². The molecule has 0 aliphatic carbocycles. The van der Waals surface area contributed by atoms with Crippen molar-refractivity contribution in [3.8, 4) is 0 Å². The highest BCUT2D eigenvalue weighted by Gasteiger charge is 2.28. The van der Waals surface area contributed by atoms with Gasteiger partial charge in [-0.15, -0.1) is 0 Å². The molecular weight excluding hydrogens is 570 g/mol. The Kier molecular flexibility index (Phi) is 14.2. The predicted octanol–water partition coefficient (Wildman–Crippen LogP) is 5.58. The smallest absolute Gasteiger partial charge is 0.418 e. The van der Waals surface area contributed by atoms with Crippen molar-refractivity contribution in [1.82, 2.24) is 19.1 Å². The van der Waals surface area contributed by atoms with Crippen molar-refractivity contribution in [2.75, 3.05) is 62.2 Å². The molecule has 16 heteroatoms. The molecule has 1 aromatic carbocycles. The van der Waals surface area contributed by atoms with Crippen LogP contribution in [0.15, 0.2) is 12.1 Å². The molecule has 2 heterocycles. The van der Waals surface area contributed by atoms with Crippen LogP contribution in [0.4, 0.5) is 46.2 Å². The van der Waals surface area contributed by atoms with Gasteiger partial charge in [0, 0.05) is 26.2 Å². The standard InChI is InChI=1S/C26H42N6.2BF4/c1-9-29(10-2)23-19-17-21-22(18-20(19)24(27-23)30(11-3)12-4)26(32(15-7)16-8)28-25(21)31(13-5)14-6;2*2-1(3,4)5/h17-18H,9-16H2,1-8H3;;/q+2;2*-1. The predicted molar refractivity (Wildman–Crippen MR) is 160 cm³/mol. The molecule has 0 amide bonds. The fourth-order valence-electron chi connectivity index (χ4n) is 4.84. The molecule has 0 bridgehead atoms. The van der Waals surface area contributed by atoms with Gasteiger partial charge in [0.2, 0.25) is 0 Å². The first-order valence-electron chi connectivity index (χ1n) is 14.4. The average molecular weight is 612 g/mol. The van der Waals surface area contributed by atoms with E-state index in [0.29, 0.717) is 0 Å². The molecule has 0 atom stereocenters. The normalized spacial score (nSPS) is 11.6. The highest BCUT2D eigenvalue weighted by molar-refractivity contribution is 6.50. The van der Waals surface area contributed by atoms with E-state index in [1.807, 2.05) is 0 Å². The van der Waals surface area contributed by atoms with Gasteiger partial charge in [-0.1, -0.05) is 0 Å². The van der Waals surface area contributed by atoms with Crippen LogP contribution in [0.3, 0.4) is 0 Å². The number of halogens is 8. The number of nitrogens with zero attached hydrogens (tertiary/aromatic N) is 6. The fraction of sp³-hybridized carbons (Fsp3) is 0.615. The highest BCUT2D eigenvalue weighted by atomic mass is 19.5. The SMILES string of the molecule is CCN(CC)c1nc(=[N+](CC)CC)c2cc3c(N(CC)CC)nc(=[N+](CC)CC)c3cc12.F[B-](F)(F)F.F[B-](F)(F)F. The lowest BCUT2D eigenvalue weighted by Gasteiger charge is -2.15. The summed E-state index contributed by atoms with van der Waals surface area (Å²) in [6.45, 7) is 25.3. The maximum atomic E-state index is 9.75. The number of benzene rings is 1. The molecule has 3 rings (SSSR count). The van der Waals surface area contributed by atoms with Gasteiger partial charge in [0.15, 0.2) is 0 Å². The lowest BCUT2D eigenvalue weighted by atomic mass is 10.1. The summed E-state index contributed by atoms with van der Waals surface area (Å²) in [6.07, 6.45) is 0. The van der Waals surface area contributed by atoms with Gasteiger partial charge >= 0.3 is 25.5 Å². The van der Waals surface area contributed by atoms with Crippen LogP contribution in [-0.4, -0.2) is 76.8 Å². The first-order chi connectivity index (χ1) is 19.5. The van der Waals surface area contributed by atoms with E-state index in [2.05, 4.69) is 86.5 Å². The molecule has 0 fully saturated rings. The van der Waals surface area contributed by atoms with Crippen molar-refractivity contribution < 1.29 is 34.5 Å². The van der Waals surface area contributed by atoms with Crippen LogP contribution in [0.2, 0.25) is 0 Å². The number of hydrogen-bond acceptors (Lipinski definition) is 4. The third-order valence-electron chi connectivity index (χ3n) is 6.80. The summed E-state index contributed by atoms with van der Waals surface area (Å²) in [5, 5.41) is 4.98. The molecule has 0 unspecified atom stereocenters. The van der Waals surface area contributed by atoms with Crippen LogP contribution < -0.4 is 29.9 Å². The Morgan fingerprint density at radius 1 is 0.500 bits per heavy atom. The van der Waals surface area contributed by atoms with E-state index in [0.717, 1.165) is 75.0 Å². The molecule has 0 N–H and O–H groups in total. The van der Waals surface area contributed by atoms with Gasteiger partial charge in [0.25, 0.3) is 11.6 Å². The number of fused-ring (bicyclic) bond motifs is 2. The first kappa shape index (κ1) is 37.1. The van der Waals surface area contributed by atoms with Crippen LogP contribution >= 0.6 is 0 Å². The Balaban J connectivity index is 0.000000759. The van der Waals surface area contributed by atoms with E-state index in [-0.39, 0.29) is 0 Å². The van der Waals surface area contributed by atoms with Crippen LogP contribution in [0, 0.1) is 0 Å². The zero-order valence-corrected chi connectivity index (χ0v) is 25.7. The number of rotatable bonds is 10. The highest BCUT2D eigenvalue weighted by Crippen LogP contribution is 2.31. The van der Waals surface area contributed by atoms with Gasteiger partial charge in [-0.2, -0.15) is 0 Å². The topological polar surface area (TPSA) is 38.3 Å². The van der Waals surface area contributed by atoms with Crippen LogP contribution in [-0.2, 0) is 0 Å². The Morgan fingerprint density at radius 2 is 0.738 bits per heavy atom. The maximum absolute atomic E-state index is 9.75. The van der Waals surface area contributed by atoms with Crippen LogP contribution in [0.5, 0.6) is 0 Å². The summed E-state index contributed by atoms with van der Waals surface area (Å²) >= 11 is 0. The summed E-state index contributed by atoms with van der Waals surface area (Å²) in [7, 11) is -12.0. The van der Waals surface area contributed by atoms with E-state index in [4.69, 9.17) is 9.97 Å². The molecule has 238 valence electrons. The van der Waals surface area contributed by atoms with E-state index >= 15 is 0 Å². The Labute approximate surface area is 242 Å². The lowest BCUT2D eigenvalue weighted by molar-refractivity contribution is 0.366. The number of anilines is 2. The Morgan fingerprint density at radius 3 is 0.929 bits per heavy atom. The van der Waals surface area contributed by atoms with Gasteiger partial charge in [-0.3, -0.25) is 9.15 Å². The summed E-state index contributed by atoms with van der Waals surface area (Å²) in [5.41, 5.74) is 2.20. The molecule has 0 aliphatic rings. The quantitative estimate of drug-likeness (QED) is 0.171. The van der Waals surface area contributed by atoms with E-state index in [1.54, 1.807) is 0 Å². The van der Waals surface area contributed by atoms with Gasteiger partial charge in [0.05, 0.1) is 47.7 Å². The second-order valence-electron chi connectivity index (χ2n) is 9.14. The summed E-state index contributed by atoms with van der Waals surface area (Å²) in [6, 6.07) is 4.73. The molecule has 6 nitrogen and oxygen atoms in total. The molecular formula is C26H42B2F8N6. The Bertz CT molecular complexity index is 1260. The lowest BCUT2D eigenvalue weighted by Crippen LogP contribution is -2.31. The van der Waals surface area contributed by atoms with E-state index < -0.39 is 14.5 Å². The average Bonchev–Trinajstić information content (AvgIpc) is 3.43. The second kappa shape index (κ2) is 16.1. The van der Waals surface area contributed by atoms with Crippen LogP contribution in [0.25, 0.3) is 21.5 Å². The van der Waals surface area contributed by atoms with Gasteiger partial charge in [0.1, 0.15) is 0 Å². The Hall–Kier alpha value is -2.93. The minimum atomic E-state index is -6.00. The number of aromatic nitrogens is 2. The van der Waals surface area contributed by atoms with Gasteiger partial charge < -0.3 is 44.3 Å². The zero-order valence-electron chi connectivity index (χ0n) is 25.7. The van der Waals surface area contributed by atoms with Crippen molar-refractivity contribution in [1.29, 1.82) is 0 Å². The molecule has 0 saturated heterocycles. The fourth-order valence-corrected chi connectivity index (χ4v) is 4.84. The summed E-state index contributed by atoms with van der Waals surface area (Å²) in [4.78, 5) is 15.2. The number of hydrogen-bond donors (Lipinski definition) is 0. The summed E-state index contributed by atoms with van der Waals surface area (Å²) in [5.74, 6) is 2.20. The molecule has 0 aliphatic heterocycles. The van der Waals surface area contributed by atoms with Crippen molar-refractivity contribution in [3.05, 3.63) is 23.1 Å². The third kappa shape index (κ3) is 10.1. The first-order valence-corrected chi connectivity index (χ1v) is 14.4. The minimum absolute atomic E-state index is 0.950. The maximum Gasteiger partial charge on any atom is 0.673 e. The molecule has 0 radical (unpaired) electrons. The molecule has 3 aromatic rings. The minimum Gasteiger partial charge on any atom is -0.418 e. The molecule has 2 aromatic heterocycles. The van der Waals surface area contributed by atoms with Crippen molar-refractivity contribution in [3.63, 3.8) is 0 Å². The molecule has 0 saturated carbocycles. The van der Waals surface area contributed by atoms with Crippen molar-refractivity contribution in [2.45, 2.75) is 55.4 Å². The van der Waals surface area contributed by atoms with Crippen molar-refractivity contribution in [2.24, 2.45) is 0 Å². The zero-order chi connectivity index (χ0) is 32.4. The van der Waals surface area contributed by atoms with E-state index in [1.165, 1.54) is 21.5 Å². The molecule has 42 heavy (non-hydrogen) atoms. The van der Waals surface area contributed by atoms with E-state index in [9.17, 15) is 34.5 Å². The largest absolute Gasteiger partial charge is 0.673 e. The second-order valence-corrected chi connectivity index (χ2v) is 9.14. The van der Waals surface area contributed by atoms with Crippen molar-refractivity contribution >= 4 is 47.7 Å². The van der Waals surface area contributed by atoms with Gasteiger partial charge in [-0.25, -0.2) is 0 Å². The third-order valence-corrected chi connectivity index (χ3v) is 6.80. The monoisotopic (exact) mass is 612 g/mol.